The summed E-state index contributed by atoms with van der Waals surface area (Å²) >= 11 is 0. The van der Waals surface area contributed by atoms with E-state index in [0.717, 1.165) is 18.9 Å². The molecular weight excluding hydrogens is 242 g/mol. The second-order valence-electron chi connectivity index (χ2n) is 6.07. The van der Waals surface area contributed by atoms with Gasteiger partial charge in [0.25, 0.3) is 0 Å². The fourth-order valence-corrected chi connectivity index (χ4v) is 2.32. The third-order valence-corrected chi connectivity index (χ3v) is 3.67. The van der Waals surface area contributed by atoms with E-state index in [4.69, 9.17) is 0 Å². The van der Waals surface area contributed by atoms with Gasteiger partial charge in [0.2, 0.25) is 0 Å². The Bertz CT molecular complexity index is 552. The molecule has 0 unspecified atom stereocenters. The third kappa shape index (κ3) is 4.12. The Morgan fingerprint density at radius 2 is 1.50 bits per heavy atom. The summed E-state index contributed by atoms with van der Waals surface area (Å²) in [6.45, 7) is 9.70. The van der Waals surface area contributed by atoms with Crippen LogP contribution in [0, 0.1) is 19.8 Å². The lowest BCUT2D eigenvalue weighted by molar-refractivity contribution is 0.647. The Labute approximate surface area is 123 Å². The molecule has 1 nitrogen and oxygen atoms in total. The zero-order chi connectivity index (χ0) is 14.5. The molecule has 0 heterocycles. The van der Waals surface area contributed by atoms with E-state index >= 15 is 0 Å². The van der Waals surface area contributed by atoms with Gasteiger partial charge in [-0.2, -0.15) is 0 Å². The predicted octanol–water partition coefficient (Wildman–Crippen LogP) is 5.11. The third-order valence-electron chi connectivity index (χ3n) is 3.67. The van der Waals surface area contributed by atoms with Gasteiger partial charge in [0, 0.05) is 12.2 Å². The summed E-state index contributed by atoms with van der Waals surface area (Å²) in [7, 11) is 0. The number of rotatable bonds is 5. The van der Waals surface area contributed by atoms with Crippen molar-refractivity contribution in [3.8, 4) is 0 Å². The van der Waals surface area contributed by atoms with Crippen LogP contribution in [0.5, 0.6) is 0 Å². The molecule has 0 amide bonds. The molecule has 2 aromatic rings. The van der Waals surface area contributed by atoms with Crippen molar-refractivity contribution >= 4 is 5.69 Å². The lowest BCUT2D eigenvalue weighted by Gasteiger charge is -2.10. The van der Waals surface area contributed by atoms with E-state index in [1.165, 1.54) is 27.9 Å². The van der Waals surface area contributed by atoms with Crippen molar-refractivity contribution < 1.29 is 0 Å². The predicted molar refractivity (Wildman–Crippen MR) is 88.2 cm³/mol. The molecule has 0 aliphatic carbocycles. The molecule has 0 fully saturated rings. The van der Waals surface area contributed by atoms with Crippen LogP contribution in [0.3, 0.4) is 0 Å². The van der Waals surface area contributed by atoms with Gasteiger partial charge < -0.3 is 5.32 Å². The van der Waals surface area contributed by atoms with Crippen LogP contribution < -0.4 is 5.32 Å². The molecule has 0 atom stereocenters. The second-order valence-corrected chi connectivity index (χ2v) is 6.07. The summed E-state index contributed by atoms with van der Waals surface area (Å²) in [6.07, 6.45) is 1.16. The molecule has 20 heavy (non-hydrogen) atoms. The summed E-state index contributed by atoms with van der Waals surface area (Å²) in [5.74, 6) is 0.717. The number of anilines is 1. The molecule has 1 N–H and O–H groups in total. The topological polar surface area (TPSA) is 12.0 Å². The maximum absolute atomic E-state index is 3.49. The van der Waals surface area contributed by atoms with Crippen molar-refractivity contribution in [3.63, 3.8) is 0 Å². The zero-order valence-corrected chi connectivity index (χ0v) is 13.0. The fourth-order valence-electron chi connectivity index (χ4n) is 2.32. The summed E-state index contributed by atoms with van der Waals surface area (Å²) in [4.78, 5) is 0. The minimum Gasteiger partial charge on any atom is -0.381 e. The Morgan fingerprint density at radius 3 is 2.10 bits per heavy atom. The molecule has 2 rings (SSSR count). The first-order chi connectivity index (χ1) is 9.54. The lowest BCUT2D eigenvalue weighted by Crippen LogP contribution is -2.00. The normalized spacial score (nSPS) is 10.8. The first kappa shape index (κ1) is 14.6. The van der Waals surface area contributed by atoms with Crippen molar-refractivity contribution in [1.82, 2.24) is 0 Å². The summed E-state index contributed by atoms with van der Waals surface area (Å²) in [6, 6.07) is 15.5. The summed E-state index contributed by atoms with van der Waals surface area (Å²) < 4.78 is 0. The number of aryl methyl sites for hydroxylation is 2. The molecule has 106 valence electrons. The van der Waals surface area contributed by atoms with Gasteiger partial charge in [-0.15, -0.1) is 0 Å². The Morgan fingerprint density at radius 1 is 0.850 bits per heavy atom. The van der Waals surface area contributed by atoms with Crippen LogP contribution in [0.2, 0.25) is 0 Å². The highest BCUT2D eigenvalue weighted by Gasteiger charge is 1.99. The highest BCUT2D eigenvalue weighted by Crippen LogP contribution is 2.16. The van der Waals surface area contributed by atoms with Crippen LogP contribution in [0.25, 0.3) is 0 Å². The lowest BCUT2D eigenvalue weighted by atomic mass is 10.0. The van der Waals surface area contributed by atoms with Crippen LogP contribution in [0.1, 0.15) is 36.1 Å². The fraction of sp³-hybridized carbons (Fsp3) is 0.368. The number of nitrogens with one attached hydrogen (secondary N) is 1. The molecule has 1 heteroatoms. The maximum atomic E-state index is 3.49. The number of hydrogen-bond acceptors (Lipinski definition) is 1. The van der Waals surface area contributed by atoms with Gasteiger partial charge in [-0.1, -0.05) is 44.2 Å². The molecule has 0 saturated carbocycles. The number of hydrogen-bond donors (Lipinski definition) is 1. The first-order valence-electron chi connectivity index (χ1n) is 7.43. The van der Waals surface area contributed by atoms with Crippen LogP contribution in [0.4, 0.5) is 5.69 Å². The molecule has 0 aromatic heterocycles. The van der Waals surface area contributed by atoms with Gasteiger partial charge in [0.1, 0.15) is 0 Å². The molecule has 0 spiro atoms. The SMILES string of the molecule is Cc1ccc(NCc2ccc(CC(C)C)cc2)cc1C. The van der Waals surface area contributed by atoms with Crippen LogP contribution in [-0.4, -0.2) is 0 Å². The van der Waals surface area contributed by atoms with Crippen molar-refractivity contribution in [2.75, 3.05) is 5.32 Å². The van der Waals surface area contributed by atoms with Crippen molar-refractivity contribution in [2.24, 2.45) is 5.92 Å². The second kappa shape index (κ2) is 6.60. The van der Waals surface area contributed by atoms with Gasteiger partial charge in [-0.25, -0.2) is 0 Å². The van der Waals surface area contributed by atoms with E-state index in [0.29, 0.717) is 0 Å². The summed E-state index contributed by atoms with van der Waals surface area (Å²) in [5, 5.41) is 3.49. The highest BCUT2D eigenvalue weighted by atomic mass is 14.9. The number of benzene rings is 2. The standard InChI is InChI=1S/C19H25N/c1-14(2)11-17-6-8-18(9-7-17)13-20-19-10-5-15(3)16(4)12-19/h5-10,12,14,20H,11,13H2,1-4H3. The Hall–Kier alpha value is -1.76. The highest BCUT2D eigenvalue weighted by molar-refractivity contribution is 5.48. The van der Waals surface area contributed by atoms with Crippen LogP contribution in [-0.2, 0) is 13.0 Å². The van der Waals surface area contributed by atoms with E-state index in [1.807, 2.05) is 0 Å². The first-order valence-corrected chi connectivity index (χ1v) is 7.43. The average Bonchev–Trinajstić information content (AvgIpc) is 2.41. The van der Waals surface area contributed by atoms with E-state index in [2.05, 4.69) is 75.5 Å². The molecule has 0 saturated heterocycles. The van der Waals surface area contributed by atoms with Crippen LogP contribution in [0.15, 0.2) is 42.5 Å². The van der Waals surface area contributed by atoms with Gasteiger partial charge in [-0.05, 0) is 60.6 Å². The maximum Gasteiger partial charge on any atom is 0.0400 e. The van der Waals surface area contributed by atoms with E-state index < -0.39 is 0 Å². The monoisotopic (exact) mass is 267 g/mol. The van der Waals surface area contributed by atoms with Crippen molar-refractivity contribution in [2.45, 2.75) is 40.7 Å². The Balaban J connectivity index is 1.95. The summed E-state index contributed by atoms with van der Waals surface area (Å²) in [5.41, 5.74) is 6.63. The van der Waals surface area contributed by atoms with E-state index in [1.54, 1.807) is 0 Å². The molecular formula is C19H25N. The molecule has 0 bridgehead atoms. The Kier molecular flexibility index (Phi) is 4.84. The average molecular weight is 267 g/mol. The van der Waals surface area contributed by atoms with Gasteiger partial charge in [0.05, 0.1) is 0 Å². The van der Waals surface area contributed by atoms with E-state index in [9.17, 15) is 0 Å². The van der Waals surface area contributed by atoms with Gasteiger partial charge in [0.15, 0.2) is 0 Å². The van der Waals surface area contributed by atoms with Gasteiger partial charge in [-0.3, -0.25) is 0 Å². The molecule has 0 aliphatic rings. The minimum absolute atomic E-state index is 0.717. The quantitative estimate of drug-likeness (QED) is 0.793. The molecule has 0 aliphatic heterocycles. The van der Waals surface area contributed by atoms with Gasteiger partial charge >= 0.3 is 0 Å². The van der Waals surface area contributed by atoms with Crippen molar-refractivity contribution in [1.29, 1.82) is 0 Å². The van der Waals surface area contributed by atoms with Crippen LogP contribution >= 0.6 is 0 Å². The van der Waals surface area contributed by atoms with E-state index in [-0.39, 0.29) is 0 Å². The zero-order valence-electron chi connectivity index (χ0n) is 13.0. The largest absolute Gasteiger partial charge is 0.381 e. The van der Waals surface area contributed by atoms with Crippen molar-refractivity contribution in [3.05, 3.63) is 64.7 Å². The molecule has 0 radical (unpaired) electrons. The minimum atomic E-state index is 0.717. The smallest absolute Gasteiger partial charge is 0.0400 e. The molecule has 2 aromatic carbocycles.